The van der Waals surface area contributed by atoms with E-state index in [4.69, 9.17) is 0 Å². The topological polar surface area (TPSA) is 34.9 Å². The van der Waals surface area contributed by atoms with Crippen molar-refractivity contribution in [2.75, 3.05) is 11.5 Å². The van der Waals surface area contributed by atoms with E-state index in [9.17, 15) is 4.21 Å². The summed E-state index contributed by atoms with van der Waals surface area (Å²) in [6.07, 6.45) is 3.10. The van der Waals surface area contributed by atoms with E-state index in [2.05, 4.69) is 32.1 Å². The van der Waals surface area contributed by atoms with Gasteiger partial charge >= 0.3 is 0 Å². The largest absolute Gasteiger partial charge is 0.268 e. The molecule has 0 aliphatic carbocycles. The van der Waals surface area contributed by atoms with Crippen LogP contribution in [0.3, 0.4) is 0 Å². The number of aromatic nitrogens is 2. The molecule has 0 radical (unpaired) electrons. The van der Waals surface area contributed by atoms with Crippen LogP contribution in [-0.4, -0.2) is 25.5 Å². The van der Waals surface area contributed by atoms with E-state index < -0.39 is 10.8 Å². The monoisotopic (exact) mass is 256 g/mol. The van der Waals surface area contributed by atoms with Crippen molar-refractivity contribution in [1.29, 1.82) is 0 Å². The first kappa shape index (κ1) is 14.4. The molecule has 0 spiro atoms. The van der Waals surface area contributed by atoms with Gasteiger partial charge in [-0.15, -0.1) is 0 Å². The first-order valence-corrected chi connectivity index (χ1v) is 7.97. The van der Waals surface area contributed by atoms with E-state index >= 15 is 0 Å². The lowest BCUT2D eigenvalue weighted by molar-refractivity contribution is 0.493. The fourth-order valence-corrected chi connectivity index (χ4v) is 3.56. The molecule has 4 heteroatoms. The van der Waals surface area contributed by atoms with Gasteiger partial charge in [0.1, 0.15) is 0 Å². The van der Waals surface area contributed by atoms with Crippen LogP contribution in [0, 0.1) is 6.92 Å². The lowest BCUT2D eigenvalue weighted by atomic mass is 10.1. The molecule has 1 aliphatic heterocycles. The van der Waals surface area contributed by atoms with Crippen molar-refractivity contribution < 1.29 is 4.21 Å². The highest BCUT2D eigenvalue weighted by Gasteiger charge is 2.24. The van der Waals surface area contributed by atoms with E-state index in [1.165, 1.54) is 11.3 Å². The lowest BCUT2D eigenvalue weighted by Gasteiger charge is -2.08. The Morgan fingerprint density at radius 1 is 1.47 bits per heavy atom. The zero-order valence-electron chi connectivity index (χ0n) is 11.6. The molecule has 98 valence electrons. The van der Waals surface area contributed by atoms with Gasteiger partial charge in [-0.2, -0.15) is 5.10 Å². The van der Waals surface area contributed by atoms with Crippen LogP contribution in [0.4, 0.5) is 0 Å². The second kappa shape index (κ2) is 6.34. The molecule has 1 aliphatic rings. The molecule has 0 saturated carbocycles. The Morgan fingerprint density at radius 3 is 2.53 bits per heavy atom. The summed E-state index contributed by atoms with van der Waals surface area (Å²) in [7, 11) is -0.622. The summed E-state index contributed by atoms with van der Waals surface area (Å²) < 4.78 is 13.3. The van der Waals surface area contributed by atoms with Gasteiger partial charge in [-0.25, -0.2) is 0 Å². The highest BCUT2D eigenvalue weighted by molar-refractivity contribution is 7.85. The number of hydrogen-bond acceptors (Lipinski definition) is 2. The van der Waals surface area contributed by atoms with E-state index in [-0.39, 0.29) is 0 Å². The summed E-state index contributed by atoms with van der Waals surface area (Å²) in [6, 6.07) is 0.358. The Hall–Kier alpha value is -0.640. The maximum atomic E-state index is 11.3. The van der Waals surface area contributed by atoms with Gasteiger partial charge in [-0.3, -0.25) is 8.89 Å². The summed E-state index contributed by atoms with van der Waals surface area (Å²) in [5, 5.41) is 4.61. The van der Waals surface area contributed by atoms with Gasteiger partial charge < -0.3 is 0 Å². The molecule has 0 N–H and O–H groups in total. The van der Waals surface area contributed by atoms with Crippen LogP contribution in [0.1, 0.15) is 57.3 Å². The third kappa shape index (κ3) is 3.41. The van der Waals surface area contributed by atoms with Crippen LogP contribution in [0.15, 0.2) is 6.20 Å². The summed E-state index contributed by atoms with van der Waals surface area (Å²) in [5.74, 6) is 2.08. The number of hydrogen-bond donors (Lipinski definition) is 0. The van der Waals surface area contributed by atoms with Crippen molar-refractivity contribution in [2.24, 2.45) is 0 Å². The van der Waals surface area contributed by atoms with Crippen molar-refractivity contribution in [3.8, 4) is 0 Å². The molecule has 3 nitrogen and oxygen atoms in total. The molecule has 2 heterocycles. The van der Waals surface area contributed by atoms with Crippen molar-refractivity contribution in [3.63, 3.8) is 0 Å². The molecule has 0 aromatic carbocycles. The third-order valence-electron chi connectivity index (χ3n) is 2.93. The van der Waals surface area contributed by atoms with E-state index in [1.807, 2.05) is 18.5 Å². The van der Waals surface area contributed by atoms with Crippen molar-refractivity contribution >= 4 is 10.8 Å². The zero-order chi connectivity index (χ0) is 13.0. The lowest BCUT2D eigenvalue weighted by Crippen LogP contribution is -2.10. The minimum Gasteiger partial charge on any atom is -0.268 e. The maximum absolute atomic E-state index is 11.3. The smallest absolute Gasteiger partial charge is 0.0679 e. The normalized spacial score (nSPS) is 23.6. The van der Waals surface area contributed by atoms with Crippen LogP contribution in [0.2, 0.25) is 0 Å². The first-order valence-electron chi connectivity index (χ1n) is 6.48. The average Bonchev–Trinajstić information content (AvgIpc) is 2.87. The summed E-state index contributed by atoms with van der Waals surface area (Å²) in [5.41, 5.74) is 2.43. The first-order chi connectivity index (χ1) is 8.08. The van der Waals surface area contributed by atoms with Gasteiger partial charge in [0.05, 0.1) is 11.7 Å². The Labute approximate surface area is 107 Å². The Morgan fingerprint density at radius 2 is 2.12 bits per heavy atom. The predicted octanol–water partition coefficient (Wildman–Crippen LogP) is 3.03. The SMILES string of the molecule is CC.Cc1cn(C2CCS(=O)C2)nc1C(C)C. The van der Waals surface area contributed by atoms with Gasteiger partial charge in [0.25, 0.3) is 0 Å². The van der Waals surface area contributed by atoms with Gasteiger partial charge in [-0.1, -0.05) is 27.7 Å². The minimum atomic E-state index is -0.622. The molecule has 0 bridgehead atoms. The van der Waals surface area contributed by atoms with E-state index in [0.717, 1.165) is 17.9 Å². The maximum Gasteiger partial charge on any atom is 0.0679 e. The Kier molecular flexibility index (Phi) is 5.37. The van der Waals surface area contributed by atoms with Gasteiger partial charge in [0.2, 0.25) is 0 Å². The second-order valence-corrected chi connectivity index (χ2v) is 6.21. The summed E-state index contributed by atoms with van der Waals surface area (Å²) in [4.78, 5) is 0. The molecule has 1 aromatic heterocycles. The van der Waals surface area contributed by atoms with Gasteiger partial charge in [0, 0.05) is 28.5 Å². The zero-order valence-corrected chi connectivity index (χ0v) is 12.4. The minimum absolute atomic E-state index is 0.358. The molecule has 2 rings (SSSR count). The standard InChI is InChI=1S/C11H18N2OS.C2H6/c1-8(2)11-9(3)6-13(12-11)10-4-5-15(14)7-10;1-2/h6,8,10H,4-5,7H2,1-3H3;1-2H3. The van der Waals surface area contributed by atoms with Crippen LogP contribution in [-0.2, 0) is 10.8 Å². The molecule has 1 aromatic rings. The van der Waals surface area contributed by atoms with Crippen LogP contribution in [0.25, 0.3) is 0 Å². The number of rotatable bonds is 2. The molecular weight excluding hydrogens is 232 g/mol. The van der Waals surface area contributed by atoms with Crippen LogP contribution >= 0.6 is 0 Å². The summed E-state index contributed by atoms with van der Waals surface area (Å²) in [6.45, 7) is 10.4. The predicted molar refractivity (Wildman–Crippen MR) is 73.9 cm³/mol. The molecule has 2 unspecified atom stereocenters. The van der Waals surface area contributed by atoms with Crippen molar-refractivity contribution in [1.82, 2.24) is 9.78 Å². The van der Waals surface area contributed by atoms with Crippen molar-refractivity contribution in [2.45, 2.75) is 53.0 Å². The summed E-state index contributed by atoms with van der Waals surface area (Å²) >= 11 is 0. The molecule has 2 atom stereocenters. The van der Waals surface area contributed by atoms with Crippen molar-refractivity contribution in [3.05, 3.63) is 17.5 Å². The Balaban J connectivity index is 0.000000686. The molecule has 1 fully saturated rings. The fourth-order valence-electron chi connectivity index (χ4n) is 2.11. The highest BCUT2D eigenvalue weighted by Crippen LogP contribution is 2.24. The molecular formula is C13H24N2OS. The third-order valence-corrected chi connectivity index (χ3v) is 4.38. The van der Waals surface area contributed by atoms with Crippen LogP contribution in [0.5, 0.6) is 0 Å². The van der Waals surface area contributed by atoms with Gasteiger partial charge in [0.15, 0.2) is 0 Å². The average molecular weight is 256 g/mol. The van der Waals surface area contributed by atoms with Gasteiger partial charge in [-0.05, 0) is 24.8 Å². The molecule has 1 saturated heterocycles. The number of aryl methyl sites for hydroxylation is 1. The molecule has 17 heavy (non-hydrogen) atoms. The molecule has 0 amide bonds. The van der Waals surface area contributed by atoms with E-state index in [1.54, 1.807) is 0 Å². The Bertz CT molecular complexity index is 385. The van der Waals surface area contributed by atoms with E-state index in [0.29, 0.717) is 12.0 Å². The fraction of sp³-hybridized carbons (Fsp3) is 0.769. The van der Waals surface area contributed by atoms with Crippen LogP contribution < -0.4 is 0 Å². The second-order valence-electron chi connectivity index (χ2n) is 4.59. The highest BCUT2D eigenvalue weighted by atomic mass is 32.2. The quantitative estimate of drug-likeness (QED) is 0.815. The number of nitrogens with zero attached hydrogens (tertiary/aromatic N) is 2.